The number of nitrogens with zero attached hydrogens (tertiary/aromatic N) is 3. The quantitative estimate of drug-likeness (QED) is 0.842. The van der Waals surface area contributed by atoms with E-state index in [9.17, 15) is 13.2 Å². The number of nitrogens with one attached hydrogen (secondary N) is 2. The molecular weight excluding hydrogens is 306 g/mol. The van der Waals surface area contributed by atoms with Crippen molar-refractivity contribution < 1.29 is 13.2 Å². The molecule has 0 aliphatic carbocycles. The highest BCUT2D eigenvalue weighted by Gasteiger charge is 2.28. The zero-order valence-electron chi connectivity index (χ0n) is 11.9. The van der Waals surface area contributed by atoms with Crippen LogP contribution in [0.2, 0.25) is 0 Å². The van der Waals surface area contributed by atoms with Crippen LogP contribution in [0.15, 0.2) is 29.3 Å². The summed E-state index contributed by atoms with van der Waals surface area (Å²) in [6.45, 7) is 2.51. The summed E-state index contributed by atoms with van der Waals surface area (Å²) in [4.78, 5) is 14.1. The van der Waals surface area contributed by atoms with Crippen molar-refractivity contribution in [3.63, 3.8) is 0 Å². The van der Waals surface area contributed by atoms with Crippen molar-refractivity contribution in [2.45, 2.75) is 18.2 Å². The number of hydrogen-bond donors (Lipinski definition) is 2. The highest BCUT2D eigenvalue weighted by atomic mass is 32.2. The maximum atomic E-state index is 12.4. The maximum Gasteiger partial charge on any atom is 0.280 e. The van der Waals surface area contributed by atoms with Gasteiger partial charge in [0.25, 0.3) is 5.91 Å². The first kappa shape index (κ1) is 14.7. The number of aromatic amines is 1. The first-order chi connectivity index (χ1) is 10.5. The second-order valence-corrected chi connectivity index (χ2v) is 6.62. The highest BCUT2D eigenvalue weighted by molar-refractivity contribution is 7.89. The number of anilines is 1. The Kier molecular flexibility index (Phi) is 3.67. The van der Waals surface area contributed by atoms with E-state index >= 15 is 0 Å². The molecule has 116 valence electrons. The Hall–Kier alpha value is -2.26. The van der Waals surface area contributed by atoms with Crippen LogP contribution in [0.1, 0.15) is 23.0 Å². The van der Waals surface area contributed by atoms with E-state index in [-0.39, 0.29) is 16.5 Å². The van der Waals surface area contributed by atoms with Crippen molar-refractivity contribution in [3.8, 4) is 0 Å². The number of carbonyl (C=O) groups excluding carboxylic acids is 1. The number of hydrogen-bond acceptors (Lipinski definition) is 5. The Morgan fingerprint density at radius 1 is 1.45 bits per heavy atom. The molecule has 0 saturated carbocycles. The lowest BCUT2D eigenvalue weighted by atomic mass is 10.2. The van der Waals surface area contributed by atoms with Crippen molar-refractivity contribution in [2.75, 3.05) is 18.0 Å². The smallest absolute Gasteiger partial charge is 0.280 e. The Balaban J connectivity index is 1.98. The number of rotatable bonds is 4. The van der Waals surface area contributed by atoms with Gasteiger partial charge in [-0.1, -0.05) is 13.0 Å². The van der Waals surface area contributed by atoms with E-state index < -0.39 is 10.0 Å². The van der Waals surface area contributed by atoms with Gasteiger partial charge < -0.3 is 4.90 Å². The number of sulfonamides is 1. The molecule has 2 heterocycles. The van der Waals surface area contributed by atoms with Gasteiger partial charge in [-0.3, -0.25) is 4.79 Å². The first-order valence-electron chi connectivity index (χ1n) is 6.83. The molecule has 2 N–H and O–H groups in total. The van der Waals surface area contributed by atoms with E-state index in [0.29, 0.717) is 25.2 Å². The van der Waals surface area contributed by atoms with Gasteiger partial charge in [-0.05, 0) is 24.1 Å². The van der Waals surface area contributed by atoms with Gasteiger partial charge in [-0.25, -0.2) is 13.1 Å². The van der Waals surface area contributed by atoms with Gasteiger partial charge in [-0.15, -0.1) is 0 Å². The van der Waals surface area contributed by atoms with Gasteiger partial charge in [0.1, 0.15) is 0 Å². The highest BCUT2D eigenvalue weighted by Crippen LogP contribution is 2.31. The minimum Gasteiger partial charge on any atom is -0.306 e. The minimum atomic E-state index is -3.56. The lowest BCUT2D eigenvalue weighted by Crippen LogP contribution is -2.29. The number of amides is 1. The molecule has 1 aliphatic heterocycles. The summed E-state index contributed by atoms with van der Waals surface area (Å²) in [7, 11) is -3.56. The molecule has 1 aromatic heterocycles. The molecule has 0 spiro atoms. The molecule has 0 atom stereocenters. The van der Waals surface area contributed by atoms with Crippen molar-refractivity contribution >= 4 is 21.6 Å². The molecule has 3 rings (SSSR count). The van der Waals surface area contributed by atoms with E-state index in [4.69, 9.17) is 0 Å². The molecule has 9 heteroatoms. The Bertz CT molecular complexity index is 801. The zero-order chi connectivity index (χ0) is 15.7. The number of fused-ring (bicyclic) bond motifs is 1. The molecule has 0 radical (unpaired) electrons. The molecular formula is C13H15N5O3S. The zero-order valence-corrected chi connectivity index (χ0v) is 12.7. The van der Waals surface area contributed by atoms with E-state index in [1.807, 2.05) is 0 Å². The van der Waals surface area contributed by atoms with Crippen molar-refractivity contribution in [3.05, 3.63) is 35.7 Å². The second-order valence-electron chi connectivity index (χ2n) is 4.85. The van der Waals surface area contributed by atoms with Gasteiger partial charge in [0.05, 0.1) is 11.1 Å². The van der Waals surface area contributed by atoms with Crippen molar-refractivity contribution in [1.82, 2.24) is 20.1 Å². The third-order valence-corrected chi connectivity index (χ3v) is 5.02. The van der Waals surface area contributed by atoms with Crippen LogP contribution in [0.3, 0.4) is 0 Å². The topological polar surface area (TPSA) is 108 Å². The van der Waals surface area contributed by atoms with Gasteiger partial charge in [0.2, 0.25) is 10.0 Å². The summed E-state index contributed by atoms with van der Waals surface area (Å²) in [6.07, 6.45) is 2.03. The Morgan fingerprint density at radius 3 is 2.95 bits per heavy atom. The fourth-order valence-corrected chi connectivity index (χ4v) is 3.51. The average molecular weight is 321 g/mol. The number of carbonyl (C=O) groups is 1. The first-order valence-corrected chi connectivity index (χ1v) is 8.31. The maximum absolute atomic E-state index is 12.4. The second kappa shape index (κ2) is 5.50. The molecule has 8 nitrogen and oxygen atoms in total. The molecule has 0 fully saturated rings. The normalized spacial score (nSPS) is 14.1. The van der Waals surface area contributed by atoms with Crippen LogP contribution in [-0.4, -0.2) is 42.8 Å². The molecule has 0 bridgehead atoms. The van der Waals surface area contributed by atoms with Crippen molar-refractivity contribution in [1.29, 1.82) is 0 Å². The molecule has 22 heavy (non-hydrogen) atoms. The fourth-order valence-electron chi connectivity index (χ4n) is 2.45. The van der Waals surface area contributed by atoms with E-state index in [1.54, 1.807) is 19.1 Å². The number of aromatic nitrogens is 3. The summed E-state index contributed by atoms with van der Waals surface area (Å²) in [5, 5.41) is 9.80. The van der Waals surface area contributed by atoms with Gasteiger partial charge >= 0.3 is 0 Å². The van der Waals surface area contributed by atoms with Crippen LogP contribution in [0.5, 0.6) is 0 Å². The van der Waals surface area contributed by atoms with Crippen LogP contribution in [-0.2, 0) is 16.4 Å². The summed E-state index contributed by atoms with van der Waals surface area (Å²) in [6, 6.07) is 4.83. The van der Waals surface area contributed by atoms with Crippen LogP contribution in [0.4, 0.5) is 5.69 Å². The van der Waals surface area contributed by atoms with Gasteiger partial charge in [0.15, 0.2) is 5.69 Å². The predicted octanol–water partition coefficient (Wildman–Crippen LogP) is 0.306. The molecule has 1 amide bonds. The standard InChI is InChI=1S/C13H15N5O3S/c1-2-15-22(20,21)10-4-3-9-5-6-18(12(9)7-10)13(19)11-8-14-17-16-11/h3-4,7-8,15H,2,5-6H2,1H3,(H,14,16,17). The monoisotopic (exact) mass is 321 g/mol. The summed E-state index contributed by atoms with van der Waals surface area (Å²) in [5.41, 5.74) is 1.74. The van der Waals surface area contributed by atoms with Crippen LogP contribution >= 0.6 is 0 Å². The minimum absolute atomic E-state index is 0.146. The van der Waals surface area contributed by atoms with Crippen molar-refractivity contribution in [2.24, 2.45) is 0 Å². The Labute approximate surface area is 127 Å². The molecule has 1 aromatic carbocycles. The average Bonchev–Trinajstić information content (AvgIpc) is 3.15. The molecule has 0 saturated heterocycles. The number of H-pyrrole nitrogens is 1. The summed E-state index contributed by atoms with van der Waals surface area (Å²) in [5.74, 6) is -0.300. The SMILES string of the molecule is CCNS(=O)(=O)c1ccc2c(c1)N(C(=O)c1cn[nH]n1)CC2. The number of benzene rings is 1. The Morgan fingerprint density at radius 2 is 2.27 bits per heavy atom. The lowest BCUT2D eigenvalue weighted by Gasteiger charge is -2.16. The molecule has 2 aromatic rings. The van der Waals surface area contributed by atoms with Gasteiger partial charge in [-0.2, -0.15) is 15.4 Å². The van der Waals surface area contributed by atoms with E-state index in [2.05, 4.69) is 20.1 Å². The predicted molar refractivity (Wildman–Crippen MR) is 79.1 cm³/mol. The summed E-state index contributed by atoms with van der Waals surface area (Å²) >= 11 is 0. The van der Waals surface area contributed by atoms with E-state index in [1.165, 1.54) is 17.2 Å². The third-order valence-electron chi connectivity index (χ3n) is 3.48. The third kappa shape index (κ3) is 2.48. The van der Waals surface area contributed by atoms with Crippen LogP contribution in [0, 0.1) is 0 Å². The lowest BCUT2D eigenvalue weighted by molar-refractivity contribution is 0.0984. The van der Waals surface area contributed by atoms with Crippen LogP contribution in [0.25, 0.3) is 0 Å². The van der Waals surface area contributed by atoms with E-state index in [0.717, 1.165) is 5.56 Å². The molecule has 1 aliphatic rings. The summed E-state index contributed by atoms with van der Waals surface area (Å²) < 4.78 is 26.6. The fraction of sp³-hybridized carbons (Fsp3) is 0.308. The van der Waals surface area contributed by atoms with Crippen LogP contribution < -0.4 is 9.62 Å². The molecule has 0 unspecified atom stereocenters. The van der Waals surface area contributed by atoms with Gasteiger partial charge in [0, 0.05) is 18.8 Å². The largest absolute Gasteiger partial charge is 0.306 e.